The molecule has 0 aliphatic carbocycles. The Bertz CT molecular complexity index is 286. The number of carbonyl (C=O) groups is 3. The van der Waals surface area contributed by atoms with Crippen molar-refractivity contribution < 1.29 is 29.3 Å². The van der Waals surface area contributed by atoms with Gasteiger partial charge in [0.05, 0.1) is 18.9 Å². The lowest BCUT2D eigenvalue weighted by molar-refractivity contribution is -0.148. The summed E-state index contributed by atoms with van der Waals surface area (Å²) in [6.07, 6.45) is 0.654. The van der Waals surface area contributed by atoms with Crippen LogP contribution in [0.15, 0.2) is 0 Å². The van der Waals surface area contributed by atoms with Gasteiger partial charge in [-0.1, -0.05) is 6.92 Å². The van der Waals surface area contributed by atoms with E-state index in [2.05, 4.69) is 4.74 Å². The van der Waals surface area contributed by atoms with Gasteiger partial charge in [0.25, 0.3) is 0 Å². The summed E-state index contributed by atoms with van der Waals surface area (Å²) in [5.74, 6) is -3.61. The van der Waals surface area contributed by atoms with E-state index in [0.717, 1.165) is 0 Å². The quantitative estimate of drug-likeness (QED) is 0.623. The number of ether oxygens (including phenoxy) is 1. The Labute approximate surface area is 99.6 Å². The molecule has 0 aromatic rings. The molecule has 2 atom stereocenters. The van der Waals surface area contributed by atoms with Crippen molar-refractivity contribution in [3.05, 3.63) is 0 Å². The summed E-state index contributed by atoms with van der Waals surface area (Å²) in [6.45, 7) is 1.60. The number of hydrogen-bond donors (Lipinski definition) is 2. The van der Waals surface area contributed by atoms with E-state index < -0.39 is 29.7 Å². The van der Waals surface area contributed by atoms with Gasteiger partial charge in [-0.25, -0.2) is 0 Å². The number of carbonyl (C=O) groups excluding carboxylic acids is 1. The zero-order valence-electron chi connectivity index (χ0n) is 10.0. The van der Waals surface area contributed by atoms with Crippen molar-refractivity contribution in [2.45, 2.75) is 32.6 Å². The topological polar surface area (TPSA) is 101 Å². The third kappa shape index (κ3) is 6.55. The van der Waals surface area contributed by atoms with Gasteiger partial charge in [-0.2, -0.15) is 0 Å². The van der Waals surface area contributed by atoms with Crippen molar-refractivity contribution in [1.82, 2.24) is 0 Å². The number of carboxylic acids is 2. The summed E-state index contributed by atoms with van der Waals surface area (Å²) >= 11 is 0. The number of aliphatic carboxylic acids is 2. The molecule has 0 fully saturated rings. The molecule has 0 rings (SSSR count). The molecule has 2 unspecified atom stereocenters. The molecule has 0 aromatic carbocycles. The van der Waals surface area contributed by atoms with Crippen LogP contribution in [0.2, 0.25) is 0 Å². The molecule has 6 nitrogen and oxygen atoms in total. The van der Waals surface area contributed by atoms with Crippen LogP contribution in [0.25, 0.3) is 0 Å². The maximum absolute atomic E-state index is 11.1. The first kappa shape index (κ1) is 15.4. The highest BCUT2D eigenvalue weighted by Gasteiger charge is 2.24. The Morgan fingerprint density at radius 2 is 1.82 bits per heavy atom. The molecular formula is C11H18O6. The van der Waals surface area contributed by atoms with E-state index in [0.29, 0.717) is 6.42 Å². The first-order valence-corrected chi connectivity index (χ1v) is 5.40. The molecular weight excluding hydrogens is 228 g/mol. The smallest absolute Gasteiger partial charge is 0.308 e. The minimum absolute atomic E-state index is 0.0591. The van der Waals surface area contributed by atoms with E-state index in [-0.39, 0.29) is 19.3 Å². The fraction of sp³-hybridized carbons (Fsp3) is 0.727. The predicted octanol–water partition coefficient (Wildman–Crippen LogP) is 1.14. The third-order valence-electron chi connectivity index (χ3n) is 2.53. The van der Waals surface area contributed by atoms with Crippen LogP contribution in [-0.2, 0) is 19.1 Å². The molecule has 0 saturated heterocycles. The van der Waals surface area contributed by atoms with E-state index in [9.17, 15) is 14.4 Å². The molecule has 0 radical (unpaired) electrons. The van der Waals surface area contributed by atoms with Gasteiger partial charge >= 0.3 is 17.9 Å². The molecule has 2 N–H and O–H groups in total. The average molecular weight is 246 g/mol. The highest BCUT2D eigenvalue weighted by Crippen LogP contribution is 2.19. The number of hydrogen-bond acceptors (Lipinski definition) is 4. The van der Waals surface area contributed by atoms with Gasteiger partial charge in [0, 0.05) is 6.42 Å². The third-order valence-corrected chi connectivity index (χ3v) is 2.53. The van der Waals surface area contributed by atoms with Crippen molar-refractivity contribution in [3.63, 3.8) is 0 Å². The number of rotatable bonds is 8. The zero-order chi connectivity index (χ0) is 13.4. The van der Waals surface area contributed by atoms with Crippen LogP contribution in [0.5, 0.6) is 0 Å². The van der Waals surface area contributed by atoms with Crippen molar-refractivity contribution in [2.24, 2.45) is 11.8 Å². The highest BCUT2D eigenvalue weighted by molar-refractivity contribution is 5.74. The molecule has 0 heterocycles. The normalized spacial score (nSPS) is 13.8. The van der Waals surface area contributed by atoms with Crippen molar-refractivity contribution in [3.8, 4) is 0 Å². The van der Waals surface area contributed by atoms with Crippen LogP contribution in [0, 0.1) is 11.8 Å². The van der Waals surface area contributed by atoms with Crippen LogP contribution < -0.4 is 0 Å². The fourth-order valence-corrected chi connectivity index (χ4v) is 1.57. The largest absolute Gasteiger partial charge is 0.481 e. The van der Waals surface area contributed by atoms with Gasteiger partial charge in [-0.3, -0.25) is 14.4 Å². The SMILES string of the molecule is COC(=O)C(C)CC(CCCC(=O)O)C(=O)O. The number of esters is 1. The van der Waals surface area contributed by atoms with E-state index in [1.807, 2.05) is 0 Å². The Morgan fingerprint density at radius 3 is 2.24 bits per heavy atom. The average Bonchev–Trinajstić information content (AvgIpc) is 2.25. The molecule has 0 aliphatic heterocycles. The molecule has 0 amide bonds. The van der Waals surface area contributed by atoms with Crippen LogP contribution in [-0.4, -0.2) is 35.2 Å². The van der Waals surface area contributed by atoms with Crippen molar-refractivity contribution >= 4 is 17.9 Å². The Balaban J connectivity index is 4.20. The maximum atomic E-state index is 11.1. The number of carboxylic acid groups (broad SMARTS) is 2. The van der Waals surface area contributed by atoms with E-state index >= 15 is 0 Å². The molecule has 17 heavy (non-hydrogen) atoms. The molecule has 0 saturated carbocycles. The lowest BCUT2D eigenvalue weighted by Gasteiger charge is -2.15. The van der Waals surface area contributed by atoms with E-state index in [1.165, 1.54) is 7.11 Å². The summed E-state index contributed by atoms with van der Waals surface area (Å²) in [5, 5.41) is 17.4. The Hall–Kier alpha value is -1.59. The lowest BCUT2D eigenvalue weighted by atomic mass is 9.91. The minimum Gasteiger partial charge on any atom is -0.481 e. The zero-order valence-corrected chi connectivity index (χ0v) is 10.0. The van der Waals surface area contributed by atoms with Gasteiger partial charge in [0.2, 0.25) is 0 Å². The Kier molecular flexibility index (Phi) is 6.93. The van der Waals surface area contributed by atoms with Crippen molar-refractivity contribution in [2.75, 3.05) is 7.11 Å². The standard InChI is InChI=1S/C11H18O6/c1-7(11(16)17-2)6-8(10(14)15)4-3-5-9(12)13/h7-8H,3-6H2,1-2H3,(H,12,13)(H,14,15). The maximum Gasteiger partial charge on any atom is 0.308 e. The van der Waals surface area contributed by atoms with Crippen LogP contribution in [0.4, 0.5) is 0 Å². The second kappa shape index (κ2) is 7.65. The highest BCUT2D eigenvalue weighted by atomic mass is 16.5. The van der Waals surface area contributed by atoms with Crippen LogP contribution in [0.3, 0.4) is 0 Å². The number of methoxy groups -OCH3 is 1. The summed E-state index contributed by atoms with van der Waals surface area (Å²) in [5.41, 5.74) is 0. The second-order valence-electron chi connectivity index (χ2n) is 3.98. The summed E-state index contributed by atoms with van der Waals surface area (Å²) in [4.78, 5) is 32.4. The van der Waals surface area contributed by atoms with Gasteiger partial charge in [-0.05, 0) is 19.3 Å². The summed E-state index contributed by atoms with van der Waals surface area (Å²) in [7, 11) is 1.25. The van der Waals surface area contributed by atoms with Crippen LogP contribution in [0.1, 0.15) is 32.6 Å². The predicted molar refractivity (Wildman–Crippen MR) is 58.4 cm³/mol. The molecule has 0 spiro atoms. The molecule has 0 aromatic heterocycles. The van der Waals surface area contributed by atoms with Gasteiger partial charge in [-0.15, -0.1) is 0 Å². The molecule has 6 heteroatoms. The lowest BCUT2D eigenvalue weighted by Crippen LogP contribution is -2.22. The van der Waals surface area contributed by atoms with Crippen molar-refractivity contribution in [1.29, 1.82) is 0 Å². The molecule has 0 aliphatic rings. The summed E-state index contributed by atoms with van der Waals surface area (Å²) in [6, 6.07) is 0. The molecule has 98 valence electrons. The van der Waals surface area contributed by atoms with E-state index in [1.54, 1.807) is 6.92 Å². The van der Waals surface area contributed by atoms with Crippen LogP contribution >= 0.6 is 0 Å². The Morgan fingerprint density at radius 1 is 1.24 bits per heavy atom. The van der Waals surface area contributed by atoms with E-state index in [4.69, 9.17) is 10.2 Å². The fourth-order valence-electron chi connectivity index (χ4n) is 1.57. The summed E-state index contributed by atoms with van der Waals surface area (Å²) < 4.78 is 4.51. The van der Waals surface area contributed by atoms with Gasteiger partial charge in [0.1, 0.15) is 0 Å². The monoisotopic (exact) mass is 246 g/mol. The minimum atomic E-state index is -1.01. The first-order valence-electron chi connectivity index (χ1n) is 5.40. The second-order valence-corrected chi connectivity index (χ2v) is 3.98. The van der Waals surface area contributed by atoms with Gasteiger partial charge in [0.15, 0.2) is 0 Å². The first-order chi connectivity index (χ1) is 7.88. The van der Waals surface area contributed by atoms with Gasteiger partial charge < -0.3 is 14.9 Å². The molecule has 0 bridgehead atoms.